The molecule has 3 rings (SSSR count). The number of nitrogens with one attached hydrogen (secondary N) is 1. The minimum atomic E-state index is -3.52. The van der Waals surface area contributed by atoms with Gasteiger partial charge in [-0.15, -0.1) is 0 Å². The molecule has 2 heterocycles. The fourth-order valence-electron chi connectivity index (χ4n) is 3.20. The number of benzene rings is 1. The lowest BCUT2D eigenvalue weighted by Crippen LogP contribution is -2.31. The number of sulfonamides is 1. The van der Waals surface area contributed by atoms with E-state index in [-0.39, 0.29) is 6.04 Å². The van der Waals surface area contributed by atoms with Crippen molar-refractivity contribution in [3.63, 3.8) is 0 Å². The van der Waals surface area contributed by atoms with Crippen molar-refractivity contribution in [2.45, 2.75) is 51.3 Å². The topological polar surface area (TPSA) is 80.2 Å². The summed E-state index contributed by atoms with van der Waals surface area (Å²) in [5.41, 5.74) is 1.39. The van der Waals surface area contributed by atoms with E-state index < -0.39 is 15.3 Å². The van der Waals surface area contributed by atoms with Crippen molar-refractivity contribution in [1.29, 1.82) is 0 Å². The summed E-state index contributed by atoms with van der Waals surface area (Å²) in [6, 6.07) is 3.97. The second-order valence-electron chi connectivity index (χ2n) is 7.17. The van der Waals surface area contributed by atoms with Gasteiger partial charge in [-0.25, -0.2) is 8.42 Å². The zero-order chi connectivity index (χ0) is 19.4. The van der Waals surface area contributed by atoms with Crippen LogP contribution in [-0.4, -0.2) is 51.2 Å². The van der Waals surface area contributed by atoms with E-state index in [4.69, 9.17) is 9.47 Å². The van der Waals surface area contributed by atoms with Gasteiger partial charge in [-0.2, -0.15) is 0 Å². The summed E-state index contributed by atoms with van der Waals surface area (Å²) in [6.07, 6.45) is 4.63. The van der Waals surface area contributed by atoms with Crippen LogP contribution in [0.4, 0.5) is 5.69 Å². The molecule has 2 aliphatic heterocycles. The van der Waals surface area contributed by atoms with Crippen molar-refractivity contribution in [2.75, 3.05) is 31.0 Å². The molecule has 8 heteroatoms. The standard InChI is InChI=1S/C19H29N3O4S/c1-4-5-11-25-17-7-6-15-16(22-10-9-20-13-22)8-12-26-19(15)18(17)21-27(23,24)14(2)3/h6-7,13-14,16,21H,4-5,8-12H2,1-3H3. The highest BCUT2D eigenvalue weighted by Crippen LogP contribution is 2.46. The predicted molar refractivity (Wildman–Crippen MR) is 107 cm³/mol. The molecule has 0 spiro atoms. The molecule has 1 aromatic carbocycles. The number of anilines is 1. The van der Waals surface area contributed by atoms with Crippen LogP contribution in [0.3, 0.4) is 0 Å². The van der Waals surface area contributed by atoms with Crippen molar-refractivity contribution >= 4 is 22.0 Å². The SMILES string of the molecule is CCCCOc1ccc2c(c1NS(=O)(=O)C(C)C)OCCC2N1C=NCC1. The third-order valence-electron chi connectivity index (χ3n) is 4.88. The highest BCUT2D eigenvalue weighted by molar-refractivity contribution is 7.93. The molecule has 0 aromatic heterocycles. The average Bonchev–Trinajstić information content (AvgIpc) is 3.17. The molecule has 0 amide bonds. The number of nitrogens with zero attached hydrogens (tertiary/aromatic N) is 2. The summed E-state index contributed by atoms with van der Waals surface area (Å²) in [4.78, 5) is 6.50. The van der Waals surface area contributed by atoms with Crippen molar-refractivity contribution in [3.8, 4) is 11.5 Å². The van der Waals surface area contributed by atoms with Gasteiger partial charge in [0.2, 0.25) is 10.0 Å². The number of rotatable bonds is 8. The largest absolute Gasteiger partial charge is 0.491 e. The zero-order valence-corrected chi connectivity index (χ0v) is 17.1. The number of fused-ring (bicyclic) bond motifs is 1. The van der Waals surface area contributed by atoms with Gasteiger partial charge in [-0.1, -0.05) is 13.3 Å². The molecule has 0 aliphatic carbocycles. The van der Waals surface area contributed by atoms with Crippen molar-refractivity contribution in [3.05, 3.63) is 17.7 Å². The summed E-state index contributed by atoms with van der Waals surface area (Å²) >= 11 is 0. The number of aliphatic imine (C=N–C) groups is 1. The maximum absolute atomic E-state index is 12.6. The van der Waals surface area contributed by atoms with E-state index in [0.29, 0.717) is 30.4 Å². The lowest BCUT2D eigenvalue weighted by atomic mass is 9.98. The predicted octanol–water partition coefficient (Wildman–Crippen LogP) is 3.18. The molecule has 0 saturated heterocycles. The normalized spacial score (nSPS) is 19.1. The Hall–Kier alpha value is -1.96. The maximum Gasteiger partial charge on any atom is 0.235 e. The molecule has 0 saturated carbocycles. The Morgan fingerprint density at radius 3 is 2.89 bits per heavy atom. The van der Waals surface area contributed by atoms with Crippen LogP contribution in [0, 0.1) is 0 Å². The average molecular weight is 396 g/mol. The molecular weight excluding hydrogens is 366 g/mol. The Bertz CT molecular complexity index is 792. The minimum absolute atomic E-state index is 0.131. The van der Waals surface area contributed by atoms with Gasteiger partial charge in [0.15, 0.2) is 5.75 Å². The van der Waals surface area contributed by atoms with Gasteiger partial charge in [-0.3, -0.25) is 9.71 Å². The van der Waals surface area contributed by atoms with E-state index in [1.54, 1.807) is 13.8 Å². The van der Waals surface area contributed by atoms with Gasteiger partial charge < -0.3 is 14.4 Å². The van der Waals surface area contributed by atoms with E-state index >= 15 is 0 Å². The molecule has 1 unspecified atom stereocenters. The summed E-state index contributed by atoms with van der Waals surface area (Å²) < 4.78 is 39.6. The molecule has 1 aromatic rings. The highest BCUT2D eigenvalue weighted by Gasteiger charge is 2.32. The Morgan fingerprint density at radius 1 is 1.41 bits per heavy atom. The third-order valence-corrected chi connectivity index (χ3v) is 6.61. The molecule has 0 radical (unpaired) electrons. The van der Waals surface area contributed by atoms with Crippen molar-refractivity contribution < 1.29 is 17.9 Å². The van der Waals surface area contributed by atoms with Gasteiger partial charge in [0.25, 0.3) is 0 Å². The second kappa shape index (κ2) is 8.37. The first-order valence-corrected chi connectivity index (χ1v) is 11.2. The fraction of sp³-hybridized carbons (Fsp3) is 0.632. The molecule has 7 nitrogen and oxygen atoms in total. The van der Waals surface area contributed by atoms with Gasteiger partial charge in [0.1, 0.15) is 11.4 Å². The Morgan fingerprint density at radius 2 is 2.22 bits per heavy atom. The van der Waals surface area contributed by atoms with Gasteiger partial charge in [-0.05, 0) is 32.4 Å². The van der Waals surface area contributed by atoms with Crippen LogP contribution in [0.1, 0.15) is 51.6 Å². The molecule has 1 atom stereocenters. The lowest BCUT2D eigenvalue weighted by Gasteiger charge is -2.34. The molecule has 27 heavy (non-hydrogen) atoms. The molecule has 2 aliphatic rings. The Balaban J connectivity index is 2.00. The van der Waals surface area contributed by atoms with Gasteiger partial charge in [0.05, 0.1) is 37.4 Å². The van der Waals surface area contributed by atoms with E-state index in [2.05, 4.69) is 21.5 Å². The van der Waals surface area contributed by atoms with Crippen LogP contribution in [0.5, 0.6) is 11.5 Å². The van der Waals surface area contributed by atoms with E-state index in [0.717, 1.165) is 37.9 Å². The third kappa shape index (κ3) is 4.31. The van der Waals surface area contributed by atoms with Crippen LogP contribution in [-0.2, 0) is 10.0 Å². The van der Waals surface area contributed by atoms with Crippen LogP contribution >= 0.6 is 0 Å². The lowest BCUT2D eigenvalue weighted by molar-refractivity contribution is 0.209. The highest BCUT2D eigenvalue weighted by atomic mass is 32.2. The van der Waals surface area contributed by atoms with Crippen LogP contribution < -0.4 is 14.2 Å². The Kier molecular flexibility index (Phi) is 6.14. The summed E-state index contributed by atoms with van der Waals surface area (Å²) in [6.45, 7) is 8.11. The number of ether oxygens (including phenoxy) is 2. The fourth-order valence-corrected chi connectivity index (χ4v) is 3.92. The van der Waals surface area contributed by atoms with Crippen LogP contribution in [0.2, 0.25) is 0 Å². The van der Waals surface area contributed by atoms with E-state index in [9.17, 15) is 8.42 Å². The number of unbranched alkanes of at least 4 members (excludes halogenated alkanes) is 1. The minimum Gasteiger partial charge on any atom is -0.491 e. The summed E-state index contributed by atoms with van der Waals surface area (Å²) in [5.74, 6) is 1.09. The van der Waals surface area contributed by atoms with E-state index in [1.165, 1.54) is 0 Å². The Labute approximate surface area is 161 Å². The first-order chi connectivity index (χ1) is 12.9. The first kappa shape index (κ1) is 19.8. The summed E-state index contributed by atoms with van der Waals surface area (Å²) in [7, 11) is -3.52. The first-order valence-electron chi connectivity index (χ1n) is 9.64. The monoisotopic (exact) mass is 395 g/mol. The molecular formula is C19H29N3O4S. The van der Waals surface area contributed by atoms with E-state index in [1.807, 2.05) is 18.5 Å². The maximum atomic E-state index is 12.6. The second-order valence-corrected chi connectivity index (χ2v) is 9.40. The molecule has 0 fully saturated rings. The quantitative estimate of drug-likeness (QED) is 0.684. The number of hydrogen-bond donors (Lipinski definition) is 1. The smallest absolute Gasteiger partial charge is 0.235 e. The van der Waals surface area contributed by atoms with Crippen LogP contribution in [0.15, 0.2) is 17.1 Å². The van der Waals surface area contributed by atoms with Crippen molar-refractivity contribution in [2.24, 2.45) is 4.99 Å². The van der Waals surface area contributed by atoms with Gasteiger partial charge >= 0.3 is 0 Å². The molecule has 1 N–H and O–H groups in total. The van der Waals surface area contributed by atoms with Gasteiger partial charge in [0, 0.05) is 18.5 Å². The summed E-state index contributed by atoms with van der Waals surface area (Å²) in [5, 5.41) is -0.554. The van der Waals surface area contributed by atoms with Crippen LogP contribution in [0.25, 0.3) is 0 Å². The zero-order valence-electron chi connectivity index (χ0n) is 16.3. The van der Waals surface area contributed by atoms with Crippen molar-refractivity contribution in [1.82, 2.24) is 4.90 Å². The molecule has 0 bridgehead atoms. The number of hydrogen-bond acceptors (Lipinski definition) is 6. The molecule has 150 valence electrons.